The van der Waals surface area contributed by atoms with Gasteiger partial charge in [-0.3, -0.25) is 4.40 Å². The molecule has 0 saturated heterocycles. The van der Waals surface area contributed by atoms with Gasteiger partial charge in [0.25, 0.3) is 0 Å². The van der Waals surface area contributed by atoms with Gasteiger partial charge >= 0.3 is 0 Å². The Morgan fingerprint density at radius 1 is 0.509 bits per heavy atom. The summed E-state index contributed by atoms with van der Waals surface area (Å²) in [5.74, 6) is 1.32. The molecule has 11 aromatic rings. The maximum absolute atomic E-state index is 8.18. The second-order valence-corrected chi connectivity index (χ2v) is 14.3. The van der Waals surface area contributed by atoms with Crippen LogP contribution in [0.2, 0.25) is 0 Å². The van der Waals surface area contributed by atoms with E-state index in [1.54, 1.807) is 0 Å². The van der Waals surface area contributed by atoms with Crippen molar-refractivity contribution in [3.8, 4) is 22.6 Å². The van der Waals surface area contributed by atoms with E-state index in [9.17, 15) is 0 Å². The van der Waals surface area contributed by atoms with Crippen LogP contribution in [0.4, 0.5) is 17.1 Å². The average molecular weight is 711 g/mol. The minimum Gasteiger partial charge on any atom is -0.457 e. The topological polar surface area (TPSA) is 37.4 Å². The second kappa shape index (κ2) is 11.3. The number of hydrogen-bond acceptors (Lipinski definition) is 4. The van der Waals surface area contributed by atoms with Crippen molar-refractivity contribution in [3.05, 3.63) is 170 Å². The first kappa shape index (κ1) is 27.3. The van der Waals surface area contributed by atoms with Gasteiger partial charge < -0.3 is 18.9 Å². The van der Waals surface area contributed by atoms with Crippen LogP contribution in [0.25, 0.3) is 76.7 Å². The van der Waals surface area contributed by atoms with Crippen molar-refractivity contribution in [1.82, 2.24) is 13.8 Å². The summed E-state index contributed by atoms with van der Waals surface area (Å²) in [5.41, 5.74) is 10.8. The largest absolute Gasteiger partial charge is 0.457 e. The fourth-order valence-electron chi connectivity index (χ4n) is 8.92. The summed E-state index contributed by atoms with van der Waals surface area (Å²) in [4.78, 5) is 8.63. The highest BCUT2D eigenvalue weighted by molar-refractivity contribution is 6.26. The Labute approximate surface area is 320 Å². The van der Waals surface area contributed by atoms with Gasteiger partial charge in [-0.25, -0.2) is 4.98 Å². The van der Waals surface area contributed by atoms with Crippen molar-refractivity contribution in [1.29, 1.82) is 0 Å². The molecule has 0 amide bonds. The number of aromatic nitrogens is 3. The molecule has 0 bridgehead atoms. The highest BCUT2D eigenvalue weighted by Crippen LogP contribution is 2.44. The SMILES string of the molecule is [2H]C([2H])([2H])N1CN(c2cccc(Oc3ccc4c5cc(-c6ccccc6)cc6c7cccc8c9ccccc9n(c9cccnc9n(c4c3)c56)c87)c2)c2ccccc21. The Kier molecular flexibility index (Phi) is 5.63. The molecule has 4 aromatic heterocycles. The maximum atomic E-state index is 8.18. The van der Waals surface area contributed by atoms with Crippen LogP contribution in [0.3, 0.4) is 0 Å². The van der Waals surface area contributed by atoms with Gasteiger partial charge in [0.15, 0.2) is 5.65 Å². The predicted molar refractivity (Wildman–Crippen MR) is 227 cm³/mol. The van der Waals surface area contributed by atoms with E-state index in [4.69, 9.17) is 13.8 Å². The van der Waals surface area contributed by atoms with Gasteiger partial charge in [0.05, 0.1) is 45.6 Å². The number of anilines is 3. The van der Waals surface area contributed by atoms with Gasteiger partial charge in [-0.05, 0) is 77.9 Å². The average Bonchev–Trinajstić information content (AvgIpc) is 3.92. The van der Waals surface area contributed by atoms with Gasteiger partial charge in [0, 0.05) is 67.4 Å². The molecule has 0 atom stereocenters. The molecular weight excluding hydrogens is 675 g/mol. The molecule has 12 rings (SSSR count). The lowest BCUT2D eigenvalue weighted by Gasteiger charge is -2.20. The molecule has 0 fully saturated rings. The van der Waals surface area contributed by atoms with E-state index in [0.717, 1.165) is 77.3 Å². The first-order valence-electron chi connectivity index (χ1n) is 20.0. The fourth-order valence-corrected chi connectivity index (χ4v) is 8.92. The number of ether oxygens (including phenoxy) is 1. The Morgan fingerprint density at radius 2 is 1.20 bits per heavy atom. The van der Waals surface area contributed by atoms with Gasteiger partial charge in [-0.2, -0.15) is 0 Å². The van der Waals surface area contributed by atoms with Crippen molar-refractivity contribution >= 4 is 82.6 Å². The smallest absolute Gasteiger partial charge is 0.162 e. The molecule has 55 heavy (non-hydrogen) atoms. The Hall–Kier alpha value is -7.31. The van der Waals surface area contributed by atoms with E-state index in [0.29, 0.717) is 17.2 Å². The number of hydrogen-bond donors (Lipinski definition) is 0. The molecule has 0 N–H and O–H groups in total. The Morgan fingerprint density at radius 3 is 2.09 bits per heavy atom. The molecule has 7 aromatic carbocycles. The number of nitrogens with zero attached hydrogens (tertiary/aromatic N) is 5. The van der Waals surface area contributed by atoms with Crippen molar-refractivity contribution in [2.45, 2.75) is 0 Å². The normalized spacial score (nSPS) is 14.1. The van der Waals surface area contributed by atoms with Gasteiger partial charge in [0.2, 0.25) is 0 Å². The zero-order chi connectivity index (χ0) is 38.7. The van der Waals surface area contributed by atoms with Crippen LogP contribution in [0.5, 0.6) is 11.5 Å². The molecule has 6 nitrogen and oxygen atoms in total. The van der Waals surface area contributed by atoms with Crippen LogP contribution < -0.4 is 14.5 Å². The Bertz CT molecular complexity index is 3480. The quantitative estimate of drug-likeness (QED) is 0.182. The molecule has 0 unspecified atom stereocenters. The number of fused-ring (bicyclic) bond motifs is 11. The zero-order valence-corrected chi connectivity index (χ0v) is 29.5. The van der Waals surface area contributed by atoms with E-state index in [1.807, 2.05) is 71.8 Å². The lowest BCUT2D eigenvalue weighted by atomic mass is 9.98. The summed E-state index contributed by atoms with van der Waals surface area (Å²) < 4.78 is 35.9. The van der Waals surface area contributed by atoms with Crippen LogP contribution in [0.1, 0.15) is 4.11 Å². The highest BCUT2D eigenvalue weighted by atomic mass is 16.5. The second-order valence-electron chi connectivity index (χ2n) is 14.3. The first-order chi connectivity index (χ1) is 28.4. The van der Waals surface area contributed by atoms with Crippen LogP contribution in [-0.4, -0.2) is 27.4 Å². The van der Waals surface area contributed by atoms with Crippen LogP contribution in [0, 0.1) is 0 Å². The number of benzene rings is 7. The van der Waals surface area contributed by atoms with Crippen LogP contribution in [-0.2, 0) is 0 Å². The third kappa shape index (κ3) is 4.33. The molecule has 1 aliphatic rings. The van der Waals surface area contributed by atoms with Gasteiger partial charge in [0.1, 0.15) is 11.5 Å². The summed E-state index contributed by atoms with van der Waals surface area (Å²) in [7, 11) is 0. The Balaban J connectivity index is 1.12. The summed E-state index contributed by atoms with van der Waals surface area (Å²) in [5, 5.41) is 6.91. The first-order valence-corrected chi connectivity index (χ1v) is 18.5. The monoisotopic (exact) mass is 710 g/mol. The molecule has 0 aliphatic carbocycles. The van der Waals surface area contributed by atoms with Crippen molar-refractivity contribution in [3.63, 3.8) is 0 Å². The van der Waals surface area contributed by atoms with Crippen LogP contribution >= 0.6 is 0 Å². The third-order valence-electron chi connectivity index (χ3n) is 11.3. The van der Waals surface area contributed by atoms with E-state index in [2.05, 4.69) is 112 Å². The molecule has 0 radical (unpaired) electrons. The lowest BCUT2D eigenvalue weighted by Crippen LogP contribution is -2.23. The van der Waals surface area contributed by atoms with E-state index in [1.165, 1.54) is 15.7 Å². The summed E-state index contributed by atoms with van der Waals surface area (Å²) >= 11 is 0. The van der Waals surface area contributed by atoms with E-state index < -0.39 is 6.98 Å². The number of rotatable bonds is 4. The van der Waals surface area contributed by atoms with E-state index in [-0.39, 0.29) is 6.67 Å². The molecule has 0 saturated carbocycles. The molecule has 6 heteroatoms. The molecule has 0 spiro atoms. The maximum Gasteiger partial charge on any atom is 0.162 e. The molecular formula is C49H33N5O. The van der Waals surface area contributed by atoms with Crippen molar-refractivity contribution < 1.29 is 8.85 Å². The number of para-hydroxylation sites is 4. The summed E-state index contributed by atoms with van der Waals surface area (Å²) in [6, 6.07) is 56.5. The van der Waals surface area contributed by atoms with Crippen molar-refractivity contribution in [2.75, 3.05) is 23.4 Å². The summed E-state index contributed by atoms with van der Waals surface area (Å²) in [6.45, 7) is -2.07. The third-order valence-corrected chi connectivity index (χ3v) is 11.3. The highest BCUT2D eigenvalue weighted by Gasteiger charge is 2.25. The minimum absolute atomic E-state index is 0.206. The van der Waals surface area contributed by atoms with Gasteiger partial charge in [-0.1, -0.05) is 84.9 Å². The van der Waals surface area contributed by atoms with E-state index >= 15 is 0 Å². The summed E-state index contributed by atoms with van der Waals surface area (Å²) in [6.07, 6.45) is 1.88. The molecule has 1 aliphatic heterocycles. The standard InChI is InChI=1S/C49H33N5O/c1-51-30-52(44-21-8-7-20-43(44)51)33-14-9-15-34(28-33)55-35-23-24-37-40-26-32(31-12-3-2-4-13-31)27-41-39-18-10-17-38-36-16-5-6-19-42(36)53(47(38)39)45-22-11-25-50-49(45)54(48(40)41)46(37)29-35/h2-29H,30H2,1H3/i1D3. The lowest BCUT2D eigenvalue weighted by molar-refractivity contribution is 0.483. The van der Waals surface area contributed by atoms with Crippen LogP contribution in [0.15, 0.2) is 170 Å². The minimum atomic E-state index is -2.27. The zero-order valence-electron chi connectivity index (χ0n) is 32.5. The van der Waals surface area contributed by atoms with Crippen molar-refractivity contribution in [2.24, 2.45) is 0 Å². The number of pyridine rings is 1. The fraction of sp³-hybridized carbons (Fsp3) is 0.0408. The molecule has 5 heterocycles. The van der Waals surface area contributed by atoms with Gasteiger partial charge in [-0.15, -0.1) is 0 Å². The molecule has 260 valence electrons. The predicted octanol–water partition coefficient (Wildman–Crippen LogP) is 12.4.